The Morgan fingerprint density at radius 1 is 1.21 bits per heavy atom. The number of benzene rings is 1. The Balaban J connectivity index is 2.06. The average molecular weight is 284 g/mol. The molecule has 6 nitrogen and oxygen atoms in total. The molecule has 104 valence electrons. The Bertz CT molecular complexity index is 541. The minimum atomic E-state index is -3.21. The summed E-state index contributed by atoms with van der Waals surface area (Å²) < 4.78 is 27.8. The second-order valence-electron chi connectivity index (χ2n) is 3.78. The monoisotopic (exact) mass is 284 g/mol. The van der Waals surface area contributed by atoms with E-state index in [-0.39, 0.29) is 6.35 Å². The number of fused-ring (bicyclic) bond motifs is 1. The van der Waals surface area contributed by atoms with E-state index in [2.05, 4.69) is 9.97 Å². The highest BCUT2D eigenvalue weighted by atomic mass is 31.2. The van der Waals surface area contributed by atoms with Crippen LogP contribution in [-0.4, -0.2) is 29.5 Å². The Morgan fingerprint density at radius 3 is 2.53 bits per heavy atom. The smallest absolute Gasteiger partial charge is 0.367 e. The molecule has 0 aliphatic rings. The summed E-state index contributed by atoms with van der Waals surface area (Å²) in [7, 11) is -3.21. The largest absolute Gasteiger partial charge is 0.452 e. The van der Waals surface area contributed by atoms with Crippen molar-refractivity contribution in [1.29, 1.82) is 0 Å². The van der Waals surface area contributed by atoms with E-state index < -0.39 is 7.60 Å². The zero-order valence-electron chi connectivity index (χ0n) is 11.0. The number of nitrogens with one attached hydrogen (secondary N) is 1. The summed E-state index contributed by atoms with van der Waals surface area (Å²) in [6.07, 6.45) is -0.158. The summed E-state index contributed by atoms with van der Waals surface area (Å²) in [4.78, 5) is 7.21. The molecule has 1 N–H and O–H groups in total. The van der Waals surface area contributed by atoms with Crippen LogP contribution < -0.4 is 4.74 Å². The number of aromatic nitrogens is 2. The van der Waals surface area contributed by atoms with Gasteiger partial charge in [0, 0.05) is 0 Å². The number of rotatable bonds is 7. The second kappa shape index (κ2) is 6.19. The highest BCUT2D eigenvalue weighted by Crippen LogP contribution is 2.47. The van der Waals surface area contributed by atoms with E-state index in [1.165, 1.54) is 0 Å². The average Bonchev–Trinajstić information content (AvgIpc) is 2.80. The number of ether oxygens (including phenoxy) is 1. The summed E-state index contributed by atoms with van der Waals surface area (Å²) in [5.74, 6) is 0. The maximum Gasteiger partial charge on any atom is 0.367 e. The third-order valence-corrected chi connectivity index (χ3v) is 4.13. The quantitative estimate of drug-likeness (QED) is 0.790. The summed E-state index contributed by atoms with van der Waals surface area (Å²) in [6, 6.07) is 7.85. The molecule has 0 aliphatic heterocycles. The van der Waals surface area contributed by atoms with Crippen LogP contribution in [0, 0.1) is 0 Å². The van der Waals surface area contributed by atoms with Crippen molar-refractivity contribution in [2.75, 3.05) is 19.6 Å². The lowest BCUT2D eigenvalue weighted by Crippen LogP contribution is -2.06. The minimum Gasteiger partial charge on any atom is -0.452 e. The van der Waals surface area contributed by atoms with Gasteiger partial charge in [-0.25, -0.2) is 0 Å². The fourth-order valence-electron chi connectivity index (χ4n) is 1.64. The topological polar surface area (TPSA) is 73.4 Å². The first kappa shape index (κ1) is 14.1. The maximum absolute atomic E-state index is 12.2. The Kier molecular flexibility index (Phi) is 4.58. The predicted octanol–water partition coefficient (Wildman–Crippen LogP) is 3.17. The molecule has 0 fully saturated rings. The number of aromatic amines is 1. The van der Waals surface area contributed by atoms with Crippen molar-refractivity contribution in [2.24, 2.45) is 0 Å². The molecule has 1 aromatic carbocycles. The molecule has 2 aromatic rings. The van der Waals surface area contributed by atoms with Crippen molar-refractivity contribution in [1.82, 2.24) is 9.97 Å². The molecule has 1 heterocycles. The van der Waals surface area contributed by atoms with Gasteiger partial charge in [0.15, 0.2) is 6.35 Å². The first-order chi connectivity index (χ1) is 9.17. The molecule has 2 rings (SSSR count). The van der Waals surface area contributed by atoms with E-state index in [0.29, 0.717) is 19.2 Å². The Morgan fingerprint density at radius 2 is 1.89 bits per heavy atom. The minimum absolute atomic E-state index is 0.158. The van der Waals surface area contributed by atoms with Crippen molar-refractivity contribution in [3.63, 3.8) is 0 Å². The van der Waals surface area contributed by atoms with E-state index in [1.54, 1.807) is 13.8 Å². The van der Waals surface area contributed by atoms with Gasteiger partial charge in [-0.05, 0) is 26.0 Å². The van der Waals surface area contributed by atoms with Crippen molar-refractivity contribution in [3.05, 3.63) is 24.3 Å². The van der Waals surface area contributed by atoms with Crippen LogP contribution in [-0.2, 0) is 13.6 Å². The molecule has 0 saturated carbocycles. The summed E-state index contributed by atoms with van der Waals surface area (Å²) in [5, 5.41) is 0. The predicted molar refractivity (Wildman–Crippen MR) is 72.4 cm³/mol. The molecular weight excluding hydrogens is 267 g/mol. The zero-order valence-corrected chi connectivity index (χ0v) is 11.9. The number of imidazole rings is 1. The summed E-state index contributed by atoms with van der Waals surface area (Å²) in [5.41, 5.74) is 1.65. The van der Waals surface area contributed by atoms with Gasteiger partial charge < -0.3 is 18.8 Å². The van der Waals surface area contributed by atoms with Crippen molar-refractivity contribution in [3.8, 4) is 6.01 Å². The van der Waals surface area contributed by atoms with Crippen LogP contribution in [0.2, 0.25) is 0 Å². The number of para-hydroxylation sites is 2. The molecule has 0 atom stereocenters. The summed E-state index contributed by atoms with van der Waals surface area (Å²) in [6.45, 7) is 4.13. The molecule has 0 unspecified atom stereocenters. The van der Waals surface area contributed by atoms with Gasteiger partial charge in [0.1, 0.15) is 0 Å². The van der Waals surface area contributed by atoms with Gasteiger partial charge in [-0.2, -0.15) is 4.98 Å². The van der Waals surface area contributed by atoms with E-state index in [0.717, 1.165) is 11.0 Å². The zero-order chi connectivity index (χ0) is 13.7. The lowest BCUT2D eigenvalue weighted by atomic mass is 10.3. The van der Waals surface area contributed by atoms with E-state index in [9.17, 15) is 4.57 Å². The van der Waals surface area contributed by atoms with Gasteiger partial charge >= 0.3 is 7.60 Å². The third-order valence-electron chi connectivity index (χ3n) is 2.38. The highest BCUT2D eigenvalue weighted by Gasteiger charge is 2.25. The van der Waals surface area contributed by atoms with Crippen LogP contribution in [0.15, 0.2) is 24.3 Å². The maximum atomic E-state index is 12.2. The van der Waals surface area contributed by atoms with Gasteiger partial charge in [-0.1, -0.05) is 12.1 Å². The molecule has 7 heteroatoms. The third kappa shape index (κ3) is 3.56. The molecular formula is C12H17N2O4P. The highest BCUT2D eigenvalue weighted by molar-refractivity contribution is 7.53. The lowest BCUT2D eigenvalue weighted by Gasteiger charge is -2.16. The van der Waals surface area contributed by atoms with Crippen LogP contribution >= 0.6 is 7.60 Å². The van der Waals surface area contributed by atoms with Crippen LogP contribution in [0.5, 0.6) is 6.01 Å². The van der Waals surface area contributed by atoms with Crippen LogP contribution in [0.4, 0.5) is 0 Å². The number of hydrogen-bond donors (Lipinski definition) is 1. The molecule has 1 aromatic heterocycles. The Hall–Kier alpha value is -1.36. The molecule has 0 saturated heterocycles. The van der Waals surface area contributed by atoms with Crippen molar-refractivity contribution in [2.45, 2.75) is 13.8 Å². The van der Waals surface area contributed by atoms with Crippen LogP contribution in [0.3, 0.4) is 0 Å². The fraction of sp³-hybridized carbons (Fsp3) is 0.417. The SMILES string of the molecule is CCOP(=O)(COc1nc2ccccc2[nH]1)OCC. The number of hydrogen-bond acceptors (Lipinski definition) is 5. The van der Waals surface area contributed by atoms with Crippen molar-refractivity contribution < 1.29 is 18.3 Å². The fourth-order valence-corrected chi connectivity index (χ4v) is 2.93. The molecule has 19 heavy (non-hydrogen) atoms. The van der Waals surface area contributed by atoms with Gasteiger partial charge in [0.05, 0.1) is 24.2 Å². The normalized spacial score (nSPS) is 11.9. The molecule has 0 amide bonds. The molecule has 0 bridgehead atoms. The van der Waals surface area contributed by atoms with Crippen LogP contribution in [0.25, 0.3) is 11.0 Å². The van der Waals surface area contributed by atoms with E-state index in [4.69, 9.17) is 13.8 Å². The number of nitrogens with zero attached hydrogens (tertiary/aromatic N) is 1. The van der Waals surface area contributed by atoms with Crippen LogP contribution in [0.1, 0.15) is 13.8 Å². The van der Waals surface area contributed by atoms with Gasteiger partial charge in [0.2, 0.25) is 0 Å². The molecule has 0 spiro atoms. The second-order valence-corrected chi connectivity index (χ2v) is 5.78. The van der Waals surface area contributed by atoms with E-state index >= 15 is 0 Å². The number of H-pyrrole nitrogens is 1. The molecule has 0 radical (unpaired) electrons. The lowest BCUT2D eigenvalue weighted by molar-refractivity contribution is 0.194. The van der Waals surface area contributed by atoms with Gasteiger partial charge in [-0.15, -0.1) is 0 Å². The standard InChI is InChI=1S/C12H17N2O4P/c1-3-17-19(15,18-4-2)9-16-12-13-10-7-5-6-8-11(10)14-12/h5-8H,3-4,9H2,1-2H3,(H,13,14). The molecule has 0 aliphatic carbocycles. The van der Waals surface area contributed by atoms with Gasteiger partial charge in [-0.3, -0.25) is 4.57 Å². The van der Waals surface area contributed by atoms with Gasteiger partial charge in [0.25, 0.3) is 6.01 Å². The first-order valence-corrected chi connectivity index (χ1v) is 7.85. The van der Waals surface area contributed by atoms with Crippen molar-refractivity contribution >= 4 is 18.6 Å². The summed E-state index contributed by atoms with van der Waals surface area (Å²) >= 11 is 0. The van der Waals surface area contributed by atoms with E-state index in [1.807, 2.05) is 24.3 Å². The first-order valence-electron chi connectivity index (χ1n) is 6.12. The Labute approximate surface area is 111 Å².